The molecule has 1 N–H and O–H groups in total. The Hall–Kier alpha value is -1.42. The number of hydrogen-bond donors (Lipinski definition) is 1. The molecule has 0 amide bonds. The van der Waals surface area contributed by atoms with Gasteiger partial charge in [0.2, 0.25) is 10.0 Å². The first-order valence-electron chi connectivity index (χ1n) is 6.21. The summed E-state index contributed by atoms with van der Waals surface area (Å²) in [4.78, 5) is 0. The Kier molecular flexibility index (Phi) is 4.20. The van der Waals surface area contributed by atoms with E-state index >= 15 is 0 Å². The highest BCUT2D eigenvalue weighted by Gasteiger charge is 2.26. The molecule has 0 spiro atoms. The first kappa shape index (κ1) is 14.0. The van der Waals surface area contributed by atoms with Crippen LogP contribution in [-0.2, 0) is 15.8 Å². The SMILES string of the molecule is C[C@@H]1CN(S(=O)(=O)Cc2ccc(C#N)cc2)CCN1. The van der Waals surface area contributed by atoms with Gasteiger partial charge in [0.15, 0.2) is 0 Å². The largest absolute Gasteiger partial charge is 0.312 e. The summed E-state index contributed by atoms with van der Waals surface area (Å²) in [6.45, 7) is 3.69. The van der Waals surface area contributed by atoms with E-state index in [2.05, 4.69) is 5.32 Å². The second kappa shape index (κ2) is 5.70. The van der Waals surface area contributed by atoms with Gasteiger partial charge in [-0.1, -0.05) is 12.1 Å². The Morgan fingerprint density at radius 2 is 2.11 bits per heavy atom. The van der Waals surface area contributed by atoms with Crippen molar-refractivity contribution >= 4 is 10.0 Å². The van der Waals surface area contributed by atoms with E-state index in [1.807, 2.05) is 13.0 Å². The number of piperazine rings is 1. The summed E-state index contributed by atoms with van der Waals surface area (Å²) in [7, 11) is -3.28. The van der Waals surface area contributed by atoms with E-state index in [-0.39, 0.29) is 11.8 Å². The van der Waals surface area contributed by atoms with Crippen LogP contribution < -0.4 is 5.32 Å². The van der Waals surface area contributed by atoms with Gasteiger partial charge in [-0.25, -0.2) is 8.42 Å². The van der Waals surface area contributed by atoms with Crippen LogP contribution in [0, 0.1) is 11.3 Å². The summed E-state index contributed by atoms with van der Waals surface area (Å²) in [5.41, 5.74) is 1.25. The minimum absolute atomic E-state index is 0.00850. The average molecular weight is 279 g/mol. The maximum atomic E-state index is 12.3. The van der Waals surface area contributed by atoms with E-state index in [0.29, 0.717) is 30.8 Å². The minimum atomic E-state index is -3.28. The molecular formula is C13H17N3O2S. The van der Waals surface area contributed by atoms with Crippen molar-refractivity contribution in [1.29, 1.82) is 5.26 Å². The fraction of sp³-hybridized carbons (Fsp3) is 0.462. The first-order valence-corrected chi connectivity index (χ1v) is 7.82. The van der Waals surface area contributed by atoms with Gasteiger partial charge >= 0.3 is 0 Å². The maximum Gasteiger partial charge on any atom is 0.218 e. The lowest BCUT2D eigenvalue weighted by molar-refractivity contribution is 0.310. The van der Waals surface area contributed by atoms with E-state index in [1.165, 1.54) is 4.31 Å². The number of nitrogens with one attached hydrogen (secondary N) is 1. The highest BCUT2D eigenvalue weighted by Crippen LogP contribution is 2.13. The standard InChI is InChI=1S/C13H17N3O2S/c1-11-9-16(7-6-15-11)19(17,18)10-13-4-2-12(8-14)3-5-13/h2-5,11,15H,6-7,9-10H2,1H3/t11-/m1/s1. The van der Waals surface area contributed by atoms with Crippen molar-refractivity contribution in [2.24, 2.45) is 0 Å². The van der Waals surface area contributed by atoms with E-state index in [4.69, 9.17) is 5.26 Å². The van der Waals surface area contributed by atoms with Crippen molar-refractivity contribution < 1.29 is 8.42 Å². The Bertz CT molecular complexity index is 575. The smallest absolute Gasteiger partial charge is 0.218 e. The zero-order valence-corrected chi connectivity index (χ0v) is 11.7. The highest BCUT2D eigenvalue weighted by molar-refractivity contribution is 7.88. The summed E-state index contributed by atoms with van der Waals surface area (Å²) in [5, 5.41) is 11.9. The fourth-order valence-corrected chi connectivity index (χ4v) is 3.74. The molecular weight excluding hydrogens is 262 g/mol. The molecule has 1 fully saturated rings. The van der Waals surface area contributed by atoms with E-state index < -0.39 is 10.0 Å². The number of sulfonamides is 1. The summed E-state index contributed by atoms with van der Waals surface area (Å²) in [6, 6.07) is 8.88. The number of rotatable bonds is 3. The number of benzene rings is 1. The number of nitriles is 1. The van der Waals surface area contributed by atoms with Gasteiger partial charge in [0, 0.05) is 25.7 Å². The Balaban J connectivity index is 2.09. The predicted octanol–water partition coefficient (Wildman–Crippen LogP) is 0.682. The lowest BCUT2D eigenvalue weighted by Crippen LogP contribution is -2.51. The van der Waals surface area contributed by atoms with Gasteiger partial charge in [0.1, 0.15) is 0 Å². The van der Waals surface area contributed by atoms with Crippen LogP contribution in [0.1, 0.15) is 18.1 Å². The summed E-state index contributed by atoms with van der Waals surface area (Å²) in [6.07, 6.45) is 0. The lowest BCUT2D eigenvalue weighted by atomic mass is 10.2. The van der Waals surface area contributed by atoms with Crippen LogP contribution >= 0.6 is 0 Å². The molecule has 1 saturated heterocycles. The Morgan fingerprint density at radius 1 is 1.42 bits per heavy atom. The Labute approximate surface area is 113 Å². The molecule has 19 heavy (non-hydrogen) atoms. The van der Waals surface area contributed by atoms with E-state index in [0.717, 1.165) is 0 Å². The molecule has 1 heterocycles. The van der Waals surface area contributed by atoms with Crippen molar-refractivity contribution in [3.8, 4) is 6.07 Å². The molecule has 0 unspecified atom stereocenters. The molecule has 102 valence electrons. The van der Waals surface area contributed by atoms with Crippen LogP contribution in [0.3, 0.4) is 0 Å². The molecule has 0 saturated carbocycles. The summed E-state index contributed by atoms with van der Waals surface area (Å²) < 4.78 is 26.1. The van der Waals surface area contributed by atoms with Crippen LogP contribution in [-0.4, -0.2) is 38.4 Å². The molecule has 1 aromatic rings. The third kappa shape index (κ3) is 3.53. The van der Waals surface area contributed by atoms with Crippen LogP contribution in [0.4, 0.5) is 0 Å². The Morgan fingerprint density at radius 3 is 2.68 bits per heavy atom. The third-order valence-electron chi connectivity index (χ3n) is 3.16. The second-order valence-corrected chi connectivity index (χ2v) is 6.75. The zero-order chi connectivity index (χ0) is 13.9. The van der Waals surface area contributed by atoms with Crippen molar-refractivity contribution in [1.82, 2.24) is 9.62 Å². The fourth-order valence-electron chi connectivity index (χ4n) is 2.13. The van der Waals surface area contributed by atoms with Crippen LogP contribution in [0.2, 0.25) is 0 Å². The normalized spacial score (nSPS) is 20.9. The summed E-state index contributed by atoms with van der Waals surface area (Å²) in [5.74, 6) is -0.00850. The van der Waals surface area contributed by atoms with Gasteiger partial charge in [-0.15, -0.1) is 0 Å². The van der Waals surface area contributed by atoms with E-state index in [9.17, 15) is 8.42 Å². The van der Waals surface area contributed by atoms with Crippen LogP contribution in [0.25, 0.3) is 0 Å². The molecule has 1 aliphatic rings. The maximum absolute atomic E-state index is 12.3. The van der Waals surface area contributed by atoms with Gasteiger partial charge in [0.25, 0.3) is 0 Å². The minimum Gasteiger partial charge on any atom is -0.312 e. The molecule has 2 rings (SSSR count). The number of nitrogens with zero attached hydrogens (tertiary/aromatic N) is 2. The molecule has 1 aliphatic heterocycles. The molecule has 6 heteroatoms. The van der Waals surface area contributed by atoms with E-state index in [1.54, 1.807) is 24.3 Å². The van der Waals surface area contributed by atoms with Gasteiger partial charge < -0.3 is 5.32 Å². The van der Waals surface area contributed by atoms with Gasteiger partial charge in [-0.05, 0) is 24.6 Å². The molecule has 5 nitrogen and oxygen atoms in total. The average Bonchev–Trinajstić information content (AvgIpc) is 2.39. The first-order chi connectivity index (χ1) is 9.01. The second-order valence-electron chi connectivity index (χ2n) is 4.78. The van der Waals surface area contributed by atoms with Gasteiger partial charge in [-0.3, -0.25) is 0 Å². The third-order valence-corrected chi connectivity index (χ3v) is 4.97. The van der Waals surface area contributed by atoms with Gasteiger partial charge in [-0.2, -0.15) is 9.57 Å². The van der Waals surface area contributed by atoms with Crippen LogP contribution in [0.5, 0.6) is 0 Å². The van der Waals surface area contributed by atoms with Crippen molar-refractivity contribution in [3.63, 3.8) is 0 Å². The predicted molar refractivity (Wildman–Crippen MR) is 72.8 cm³/mol. The molecule has 0 aromatic heterocycles. The molecule has 1 atom stereocenters. The quantitative estimate of drug-likeness (QED) is 0.883. The monoisotopic (exact) mass is 279 g/mol. The topological polar surface area (TPSA) is 73.2 Å². The van der Waals surface area contributed by atoms with Crippen LogP contribution in [0.15, 0.2) is 24.3 Å². The highest BCUT2D eigenvalue weighted by atomic mass is 32.2. The van der Waals surface area contributed by atoms with Crippen molar-refractivity contribution in [3.05, 3.63) is 35.4 Å². The molecule has 0 radical (unpaired) electrons. The van der Waals surface area contributed by atoms with Crippen molar-refractivity contribution in [2.45, 2.75) is 18.7 Å². The molecule has 0 aliphatic carbocycles. The van der Waals surface area contributed by atoms with Gasteiger partial charge in [0.05, 0.1) is 17.4 Å². The molecule has 0 bridgehead atoms. The number of hydrogen-bond acceptors (Lipinski definition) is 4. The summed E-state index contributed by atoms with van der Waals surface area (Å²) >= 11 is 0. The zero-order valence-electron chi connectivity index (χ0n) is 10.8. The lowest BCUT2D eigenvalue weighted by Gasteiger charge is -2.31. The van der Waals surface area contributed by atoms with Crippen molar-refractivity contribution in [2.75, 3.05) is 19.6 Å². The molecule has 1 aromatic carbocycles.